The van der Waals surface area contributed by atoms with Crippen LogP contribution in [0.4, 0.5) is 0 Å². The van der Waals surface area contributed by atoms with Crippen LogP contribution in [-0.2, 0) is 25.5 Å². The zero-order valence-electron chi connectivity index (χ0n) is 17.5. The van der Waals surface area contributed by atoms with Gasteiger partial charge in [-0.1, -0.05) is 44.7 Å². The SMILES string of the molecule is CCCCCCCC(=O)NC(Cc1ccc(O)cc1)C(=O)NCCCC(=O)OC. The number of carbonyl (C=O) groups is 3. The Morgan fingerprint density at radius 3 is 2.34 bits per heavy atom. The summed E-state index contributed by atoms with van der Waals surface area (Å²) < 4.78 is 4.58. The summed E-state index contributed by atoms with van der Waals surface area (Å²) in [4.78, 5) is 36.0. The van der Waals surface area contributed by atoms with E-state index in [1.54, 1.807) is 24.3 Å². The van der Waals surface area contributed by atoms with Crippen molar-refractivity contribution in [1.29, 1.82) is 0 Å². The molecular formula is C22H34N2O5. The molecule has 7 nitrogen and oxygen atoms in total. The molecule has 0 saturated carbocycles. The molecule has 0 aliphatic rings. The lowest BCUT2D eigenvalue weighted by molar-refractivity contribution is -0.140. The normalized spacial score (nSPS) is 11.5. The third-order valence-electron chi connectivity index (χ3n) is 4.62. The number of benzene rings is 1. The Morgan fingerprint density at radius 1 is 1.00 bits per heavy atom. The minimum atomic E-state index is -0.708. The van der Waals surface area contributed by atoms with Crippen molar-refractivity contribution in [2.75, 3.05) is 13.7 Å². The molecule has 1 rings (SSSR count). The Hall–Kier alpha value is -2.57. The Bertz CT molecular complexity index is 631. The number of nitrogens with one attached hydrogen (secondary N) is 2. The molecule has 0 heterocycles. The first-order valence-corrected chi connectivity index (χ1v) is 10.4. The third-order valence-corrected chi connectivity index (χ3v) is 4.62. The highest BCUT2D eigenvalue weighted by molar-refractivity contribution is 5.87. The molecule has 1 aromatic carbocycles. The van der Waals surface area contributed by atoms with Gasteiger partial charge in [-0.15, -0.1) is 0 Å². The van der Waals surface area contributed by atoms with Gasteiger partial charge in [-0.25, -0.2) is 0 Å². The van der Waals surface area contributed by atoms with Crippen molar-refractivity contribution in [1.82, 2.24) is 10.6 Å². The monoisotopic (exact) mass is 406 g/mol. The Balaban J connectivity index is 2.57. The van der Waals surface area contributed by atoms with Crippen LogP contribution in [0.3, 0.4) is 0 Å². The average molecular weight is 407 g/mol. The van der Waals surface area contributed by atoms with E-state index in [1.807, 2.05) is 0 Å². The number of phenolic OH excluding ortho intramolecular Hbond substituents is 1. The number of amides is 2. The van der Waals surface area contributed by atoms with Gasteiger partial charge in [0.2, 0.25) is 11.8 Å². The van der Waals surface area contributed by atoms with Crippen LogP contribution in [0.15, 0.2) is 24.3 Å². The first-order chi connectivity index (χ1) is 14.0. The van der Waals surface area contributed by atoms with Crippen LogP contribution in [0.5, 0.6) is 5.75 Å². The molecule has 0 aliphatic carbocycles. The summed E-state index contributed by atoms with van der Waals surface area (Å²) in [5.41, 5.74) is 0.834. The summed E-state index contributed by atoms with van der Waals surface area (Å²) >= 11 is 0. The number of aromatic hydroxyl groups is 1. The third kappa shape index (κ3) is 11.1. The Labute approximate surface area is 173 Å². The molecule has 0 radical (unpaired) electrons. The average Bonchev–Trinajstić information content (AvgIpc) is 2.71. The molecule has 162 valence electrons. The first kappa shape index (κ1) is 24.5. The molecule has 0 saturated heterocycles. The lowest BCUT2D eigenvalue weighted by Gasteiger charge is -2.19. The second-order valence-electron chi connectivity index (χ2n) is 7.13. The zero-order valence-corrected chi connectivity index (χ0v) is 17.5. The van der Waals surface area contributed by atoms with Crippen molar-refractivity contribution in [3.05, 3.63) is 29.8 Å². The summed E-state index contributed by atoms with van der Waals surface area (Å²) in [6.07, 6.45) is 6.65. The van der Waals surface area contributed by atoms with Crippen molar-refractivity contribution in [2.24, 2.45) is 0 Å². The smallest absolute Gasteiger partial charge is 0.305 e. The van der Waals surface area contributed by atoms with Gasteiger partial charge in [-0.05, 0) is 30.5 Å². The predicted molar refractivity (Wildman–Crippen MR) is 111 cm³/mol. The molecule has 7 heteroatoms. The maximum absolute atomic E-state index is 12.6. The van der Waals surface area contributed by atoms with Crippen LogP contribution >= 0.6 is 0 Å². The highest BCUT2D eigenvalue weighted by Gasteiger charge is 2.21. The van der Waals surface area contributed by atoms with E-state index in [0.717, 1.165) is 31.2 Å². The topological polar surface area (TPSA) is 105 Å². The molecule has 0 fully saturated rings. The van der Waals surface area contributed by atoms with Gasteiger partial charge < -0.3 is 20.5 Å². The van der Waals surface area contributed by atoms with Gasteiger partial charge in [0, 0.05) is 25.8 Å². The molecule has 3 N–H and O–H groups in total. The minimum Gasteiger partial charge on any atom is -0.508 e. The van der Waals surface area contributed by atoms with E-state index >= 15 is 0 Å². The number of unbranched alkanes of at least 4 members (excludes halogenated alkanes) is 4. The standard InChI is InChI=1S/C22H34N2O5/c1-3-4-5-6-7-9-20(26)24-19(16-17-11-13-18(25)14-12-17)22(28)23-15-8-10-21(27)29-2/h11-14,19,25H,3-10,15-16H2,1-2H3,(H,23,28)(H,24,26). The van der Waals surface area contributed by atoms with Gasteiger partial charge in [-0.2, -0.15) is 0 Å². The number of rotatable bonds is 14. The van der Waals surface area contributed by atoms with E-state index in [0.29, 0.717) is 25.8 Å². The number of phenols is 1. The highest BCUT2D eigenvalue weighted by Crippen LogP contribution is 2.12. The fourth-order valence-electron chi connectivity index (χ4n) is 2.90. The van der Waals surface area contributed by atoms with Crippen LogP contribution in [0.2, 0.25) is 0 Å². The minimum absolute atomic E-state index is 0.144. The van der Waals surface area contributed by atoms with Crippen LogP contribution in [-0.4, -0.2) is 42.6 Å². The molecule has 0 bridgehead atoms. The molecular weight excluding hydrogens is 372 g/mol. The molecule has 1 atom stereocenters. The fourth-order valence-corrected chi connectivity index (χ4v) is 2.90. The lowest BCUT2D eigenvalue weighted by Crippen LogP contribution is -2.48. The molecule has 0 aliphatic heterocycles. The number of hydrogen-bond donors (Lipinski definition) is 3. The number of hydrogen-bond acceptors (Lipinski definition) is 5. The summed E-state index contributed by atoms with van der Waals surface area (Å²) in [5, 5.41) is 15.0. The van der Waals surface area contributed by atoms with Crippen LogP contribution in [0.25, 0.3) is 0 Å². The van der Waals surface area contributed by atoms with Gasteiger partial charge in [0.05, 0.1) is 7.11 Å². The predicted octanol–water partition coefficient (Wildman–Crippen LogP) is 2.85. The van der Waals surface area contributed by atoms with Crippen molar-refractivity contribution in [3.63, 3.8) is 0 Å². The summed E-state index contributed by atoms with van der Waals surface area (Å²) in [6, 6.07) is 5.85. The second kappa shape index (κ2) is 14.4. The van der Waals surface area contributed by atoms with Crippen molar-refractivity contribution in [2.45, 2.75) is 70.8 Å². The number of ether oxygens (including phenoxy) is 1. The van der Waals surface area contributed by atoms with Gasteiger partial charge in [0.1, 0.15) is 11.8 Å². The van der Waals surface area contributed by atoms with Crippen molar-refractivity contribution >= 4 is 17.8 Å². The summed E-state index contributed by atoms with van der Waals surface area (Å²) in [6.45, 7) is 2.47. The van der Waals surface area contributed by atoms with E-state index in [9.17, 15) is 19.5 Å². The molecule has 2 amide bonds. The van der Waals surface area contributed by atoms with E-state index in [1.165, 1.54) is 13.5 Å². The Morgan fingerprint density at radius 2 is 1.69 bits per heavy atom. The number of esters is 1. The fraction of sp³-hybridized carbons (Fsp3) is 0.591. The summed E-state index contributed by atoms with van der Waals surface area (Å²) in [7, 11) is 1.33. The first-order valence-electron chi connectivity index (χ1n) is 10.4. The molecule has 1 aromatic rings. The molecule has 29 heavy (non-hydrogen) atoms. The second-order valence-corrected chi connectivity index (χ2v) is 7.13. The maximum Gasteiger partial charge on any atom is 0.305 e. The molecule has 0 spiro atoms. The van der Waals surface area contributed by atoms with Gasteiger partial charge in [0.15, 0.2) is 0 Å². The van der Waals surface area contributed by atoms with E-state index in [4.69, 9.17) is 0 Å². The van der Waals surface area contributed by atoms with Crippen LogP contribution < -0.4 is 10.6 Å². The zero-order chi connectivity index (χ0) is 21.5. The lowest BCUT2D eigenvalue weighted by atomic mass is 10.0. The molecule has 0 aromatic heterocycles. The Kier molecular flexibility index (Phi) is 12.2. The van der Waals surface area contributed by atoms with Gasteiger partial charge >= 0.3 is 5.97 Å². The molecule has 1 unspecified atom stereocenters. The van der Waals surface area contributed by atoms with Crippen molar-refractivity contribution in [3.8, 4) is 5.75 Å². The van der Waals surface area contributed by atoms with Crippen molar-refractivity contribution < 1.29 is 24.2 Å². The largest absolute Gasteiger partial charge is 0.508 e. The maximum atomic E-state index is 12.6. The summed E-state index contributed by atoms with van der Waals surface area (Å²) in [5.74, 6) is -0.609. The van der Waals surface area contributed by atoms with E-state index < -0.39 is 6.04 Å². The number of methoxy groups -OCH3 is 1. The van der Waals surface area contributed by atoms with E-state index in [2.05, 4.69) is 22.3 Å². The quantitative estimate of drug-likeness (QED) is 0.325. The van der Waals surface area contributed by atoms with E-state index in [-0.39, 0.29) is 30.0 Å². The van der Waals surface area contributed by atoms with Crippen LogP contribution in [0, 0.1) is 0 Å². The van der Waals surface area contributed by atoms with Gasteiger partial charge in [0.25, 0.3) is 0 Å². The van der Waals surface area contributed by atoms with Gasteiger partial charge in [-0.3, -0.25) is 14.4 Å². The van der Waals surface area contributed by atoms with Crippen LogP contribution in [0.1, 0.15) is 63.9 Å². The highest BCUT2D eigenvalue weighted by atomic mass is 16.5. The number of carbonyl (C=O) groups excluding carboxylic acids is 3.